The Morgan fingerprint density at radius 3 is 2.11 bits per heavy atom. The lowest BCUT2D eigenvalue weighted by molar-refractivity contribution is 0.101. The van der Waals surface area contributed by atoms with Gasteiger partial charge in [0.15, 0.2) is 0 Å². The summed E-state index contributed by atoms with van der Waals surface area (Å²) in [6, 6.07) is 18.7. The molecule has 7 nitrogen and oxygen atoms in total. The molecule has 3 rings (SSSR count). The predicted molar refractivity (Wildman–Crippen MR) is 106 cm³/mol. The highest BCUT2D eigenvalue weighted by Crippen LogP contribution is 2.29. The van der Waals surface area contributed by atoms with Gasteiger partial charge >= 0.3 is 0 Å². The Morgan fingerprint density at radius 2 is 1.46 bits per heavy atom. The van der Waals surface area contributed by atoms with E-state index in [9.17, 15) is 9.59 Å². The van der Waals surface area contributed by atoms with Gasteiger partial charge in [-0.3, -0.25) is 9.59 Å². The summed E-state index contributed by atoms with van der Waals surface area (Å²) < 4.78 is 10.4. The molecule has 0 bridgehead atoms. The zero-order valence-corrected chi connectivity index (χ0v) is 15.4. The van der Waals surface area contributed by atoms with Crippen molar-refractivity contribution in [3.63, 3.8) is 0 Å². The second kappa shape index (κ2) is 8.68. The maximum atomic E-state index is 12.6. The van der Waals surface area contributed by atoms with E-state index in [1.807, 2.05) is 18.2 Å². The van der Waals surface area contributed by atoms with E-state index in [1.54, 1.807) is 42.5 Å². The highest BCUT2D eigenvalue weighted by Gasteiger charge is 2.15. The van der Waals surface area contributed by atoms with Gasteiger partial charge in [0, 0.05) is 11.8 Å². The molecule has 1 aromatic heterocycles. The van der Waals surface area contributed by atoms with Crippen LogP contribution in [-0.4, -0.2) is 31.0 Å². The maximum absolute atomic E-state index is 12.6. The first-order chi connectivity index (χ1) is 13.6. The normalized spacial score (nSPS) is 10.1. The summed E-state index contributed by atoms with van der Waals surface area (Å²) in [5, 5.41) is 5.47. The average molecular weight is 377 g/mol. The molecule has 0 aliphatic rings. The summed E-state index contributed by atoms with van der Waals surface area (Å²) in [7, 11) is 3.04. The Balaban J connectivity index is 1.78. The second-order valence-electron chi connectivity index (χ2n) is 5.75. The lowest BCUT2D eigenvalue weighted by atomic mass is 10.2. The molecule has 3 aromatic rings. The van der Waals surface area contributed by atoms with Crippen LogP contribution < -0.4 is 20.1 Å². The van der Waals surface area contributed by atoms with Crippen LogP contribution in [0.25, 0.3) is 0 Å². The summed E-state index contributed by atoms with van der Waals surface area (Å²) in [5.41, 5.74) is 1.32. The van der Waals surface area contributed by atoms with Crippen LogP contribution in [0.4, 0.5) is 11.4 Å². The molecule has 0 saturated heterocycles. The molecule has 1 heterocycles. The number of carbonyl (C=O) groups excluding carboxylic acids is 2. The van der Waals surface area contributed by atoms with Gasteiger partial charge in [-0.1, -0.05) is 24.3 Å². The lowest BCUT2D eigenvalue weighted by Gasteiger charge is -2.12. The number of carbonyl (C=O) groups is 2. The van der Waals surface area contributed by atoms with E-state index in [1.165, 1.54) is 20.3 Å². The summed E-state index contributed by atoms with van der Waals surface area (Å²) in [6.07, 6.45) is 0. The van der Waals surface area contributed by atoms with Crippen molar-refractivity contribution < 1.29 is 19.1 Å². The number of pyridine rings is 1. The van der Waals surface area contributed by atoms with Crippen molar-refractivity contribution in [2.75, 3.05) is 24.9 Å². The van der Waals surface area contributed by atoms with Crippen molar-refractivity contribution in [3.05, 3.63) is 78.1 Å². The fourth-order valence-electron chi connectivity index (χ4n) is 2.50. The minimum Gasteiger partial charge on any atom is -0.497 e. The van der Waals surface area contributed by atoms with Crippen molar-refractivity contribution >= 4 is 23.2 Å². The largest absolute Gasteiger partial charge is 0.497 e. The molecule has 0 aliphatic carbocycles. The Labute approximate surface area is 162 Å². The van der Waals surface area contributed by atoms with E-state index in [2.05, 4.69) is 15.6 Å². The van der Waals surface area contributed by atoms with Gasteiger partial charge in [-0.05, 0) is 36.4 Å². The quantitative estimate of drug-likeness (QED) is 0.685. The Kier molecular flexibility index (Phi) is 5.86. The first-order valence-corrected chi connectivity index (χ1v) is 8.47. The van der Waals surface area contributed by atoms with Crippen LogP contribution in [0, 0.1) is 0 Å². The number of aromatic nitrogens is 1. The molecule has 142 valence electrons. The van der Waals surface area contributed by atoms with E-state index < -0.39 is 11.8 Å². The maximum Gasteiger partial charge on any atom is 0.274 e. The fraction of sp³-hybridized carbons (Fsp3) is 0.0952. The highest BCUT2D eigenvalue weighted by molar-refractivity contribution is 6.06. The zero-order chi connectivity index (χ0) is 19.9. The number of ether oxygens (including phenoxy) is 2. The second-order valence-corrected chi connectivity index (χ2v) is 5.75. The van der Waals surface area contributed by atoms with Gasteiger partial charge in [0.1, 0.15) is 22.9 Å². The van der Waals surface area contributed by atoms with Gasteiger partial charge in [0.25, 0.3) is 11.8 Å². The Bertz CT molecular complexity index is 990. The van der Waals surface area contributed by atoms with Gasteiger partial charge in [0.2, 0.25) is 0 Å². The number of methoxy groups -OCH3 is 2. The molecule has 0 fully saturated rings. The summed E-state index contributed by atoms with van der Waals surface area (Å²) >= 11 is 0. The molecule has 28 heavy (non-hydrogen) atoms. The van der Waals surface area contributed by atoms with Crippen LogP contribution >= 0.6 is 0 Å². The number of nitrogens with one attached hydrogen (secondary N) is 2. The minimum absolute atomic E-state index is 0.102. The fourth-order valence-corrected chi connectivity index (χ4v) is 2.50. The van der Waals surface area contributed by atoms with Crippen LogP contribution in [0.3, 0.4) is 0 Å². The van der Waals surface area contributed by atoms with E-state index in [4.69, 9.17) is 9.47 Å². The molecule has 0 saturated carbocycles. The van der Waals surface area contributed by atoms with E-state index >= 15 is 0 Å². The van der Waals surface area contributed by atoms with Crippen molar-refractivity contribution in [1.29, 1.82) is 0 Å². The van der Waals surface area contributed by atoms with E-state index in [0.29, 0.717) is 22.9 Å². The number of hydrogen-bond acceptors (Lipinski definition) is 5. The Morgan fingerprint density at radius 1 is 0.786 bits per heavy atom. The number of para-hydroxylation sites is 1. The van der Waals surface area contributed by atoms with Crippen LogP contribution in [-0.2, 0) is 0 Å². The predicted octanol–water partition coefficient (Wildman–Crippen LogP) is 3.60. The smallest absolute Gasteiger partial charge is 0.274 e. The van der Waals surface area contributed by atoms with E-state index in [0.717, 1.165) is 0 Å². The SMILES string of the molecule is COc1ccc(OC)c(NC(=O)c2cccc(C(=O)Nc3ccccc3)n2)c1. The molecule has 0 radical (unpaired) electrons. The Hall–Kier alpha value is -3.87. The van der Waals surface area contributed by atoms with Crippen molar-refractivity contribution in [2.24, 2.45) is 0 Å². The molecule has 0 aliphatic heterocycles. The van der Waals surface area contributed by atoms with Crippen LogP contribution in [0.5, 0.6) is 11.5 Å². The van der Waals surface area contributed by atoms with Crippen molar-refractivity contribution in [1.82, 2.24) is 4.98 Å². The molecule has 0 spiro atoms. The highest BCUT2D eigenvalue weighted by atomic mass is 16.5. The number of nitrogens with zero attached hydrogens (tertiary/aromatic N) is 1. The number of amides is 2. The molecular formula is C21H19N3O4. The van der Waals surface area contributed by atoms with Crippen molar-refractivity contribution in [2.45, 2.75) is 0 Å². The number of benzene rings is 2. The molecule has 2 amide bonds. The summed E-state index contributed by atoms with van der Waals surface area (Å²) in [5.74, 6) is 0.174. The summed E-state index contributed by atoms with van der Waals surface area (Å²) in [6.45, 7) is 0. The monoisotopic (exact) mass is 377 g/mol. The molecule has 0 atom stereocenters. The molecular weight excluding hydrogens is 358 g/mol. The number of rotatable bonds is 6. The van der Waals surface area contributed by atoms with Gasteiger partial charge in [-0.25, -0.2) is 4.98 Å². The lowest BCUT2D eigenvalue weighted by Crippen LogP contribution is -2.18. The molecule has 7 heteroatoms. The molecule has 0 unspecified atom stereocenters. The van der Waals surface area contributed by atoms with Crippen LogP contribution in [0.1, 0.15) is 21.0 Å². The average Bonchev–Trinajstić information content (AvgIpc) is 2.74. The first-order valence-electron chi connectivity index (χ1n) is 8.47. The van der Waals surface area contributed by atoms with E-state index in [-0.39, 0.29) is 11.4 Å². The third-order valence-electron chi connectivity index (χ3n) is 3.90. The van der Waals surface area contributed by atoms with Gasteiger partial charge in [-0.2, -0.15) is 0 Å². The van der Waals surface area contributed by atoms with Gasteiger partial charge in [-0.15, -0.1) is 0 Å². The minimum atomic E-state index is -0.471. The third-order valence-corrected chi connectivity index (χ3v) is 3.90. The molecule has 2 N–H and O–H groups in total. The molecule has 2 aromatic carbocycles. The van der Waals surface area contributed by atoms with Crippen LogP contribution in [0.15, 0.2) is 66.7 Å². The topological polar surface area (TPSA) is 89.5 Å². The summed E-state index contributed by atoms with van der Waals surface area (Å²) in [4.78, 5) is 29.2. The number of anilines is 2. The third kappa shape index (κ3) is 4.45. The van der Waals surface area contributed by atoms with Crippen LogP contribution in [0.2, 0.25) is 0 Å². The van der Waals surface area contributed by atoms with Gasteiger partial charge in [0.05, 0.1) is 19.9 Å². The standard InChI is InChI=1S/C21H19N3O4/c1-27-15-11-12-19(28-2)18(13-15)24-21(26)17-10-6-9-16(23-17)20(25)22-14-7-4-3-5-8-14/h3-13H,1-2H3,(H,22,25)(H,24,26). The van der Waals surface area contributed by atoms with Gasteiger partial charge < -0.3 is 20.1 Å². The van der Waals surface area contributed by atoms with Crippen molar-refractivity contribution in [3.8, 4) is 11.5 Å². The zero-order valence-electron chi connectivity index (χ0n) is 15.4. The number of hydrogen-bond donors (Lipinski definition) is 2. The first kappa shape index (κ1) is 18.9.